The van der Waals surface area contributed by atoms with Crippen LogP contribution in [-0.4, -0.2) is 166 Å². The Morgan fingerprint density at radius 2 is 0.642 bits per heavy atom. The molecule has 0 radical (unpaired) electrons. The summed E-state index contributed by atoms with van der Waals surface area (Å²) >= 11 is 0. The summed E-state index contributed by atoms with van der Waals surface area (Å²) < 4.78 is 11.8. The molecule has 748 valence electrons. The van der Waals surface area contributed by atoms with Gasteiger partial charge in [-0.1, -0.05) is 13.8 Å². The Labute approximate surface area is 848 Å². The van der Waals surface area contributed by atoms with Crippen molar-refractivity contribution < 1.29 is 19.2 Å². The fourth-order valence-corrected chi connectivity index (χ4v) is 20.6. The van der Waals surface area contributed by atoms with Crippen molar-refractivity contribution in [3.8, 4) is 45.0 Å². The molecule has 18 N–H and O–H groups in total. The Hall–Kier alpha value is -18.0. The minimum absolute atomic E-state index is 0.0349. The van der Waals surface area contributed by atoms with Crippen LogP contribution in [0.5, 0.6) is 0 Å². The smallest absolute Gasteiger partial charge is 0.241 e. The van der Waals surface area contributed by atoms with Crippen molar-refractivity contribution in [1.29, 1.82) is 0 Å². The zero-order valence-electron chi connectivity index (χ0n) is 84.2. The summed E-state index contributed by atoms with van der Waals surface area (Å²) in [5.74, 6) is 9.35. The number of hydrogen-bond acceptors (Lipinski definition) is 32. The van der Waals surface area contributed by atoms with Crippen molar-refractivity contribution in [2.45, 2.75) is 196 Å². The molecule has 0 saturated heterocycles. The summed E-state index contributed by atoms with van der Waals surface area (Å²) in [4.78, 5) is 113. The fraction of sp³-hybridized carbons (Fsp3) is 0.302. The van der Waals surface area contributed by atoms with Crippen molar-refractivity contribution in [2.24, 2.45) is 0 Å². The van der Waals surface area contributed by atoms with E-state index < -0.39 is 10.8 Å². The molecule has 0 spiro atoms. The van der Waals surface area contributed by atoms with Gasteiger partial charge in [-0.25, -0.2) is 49.8 Å². The molecule has 42 nitrogen and oxygen atoms in total. The number of anilines is 16. The maximum Gasteiger partial charge on any atom is 0.241 e. The second-order valence-corrected chi connectivity index (χ2v) is 41.2. The van der Waals surface area contributed by atoms with Gasteiger partial charge in [0.1, 0.15) is 71.3 Å². The molecule has 18 aromatic rings. The topological polar surface area (TPSA) is 554 Å². The number of nitrogens with one attached hydrogen (secondary N) is 10. The predicted molar refractivity (Wildman–Crippen MR) is 569 cm³/mol. The molecule has 0 saturated carbocycles. The number of pyridine rings is 12. The van der Waals surface area contributed by atoms with Gasteiger partial charge >= 0.3 is 0 Å². The number of rotatable bonds is 12. The van der Waals surface area contributed by atoms with E-state index in [-0.39, 0.29) is 47.8 Å². The first-order valence-corrected chi connectivity index (χ1v) is 49.3. The van der Waals surface area contributed by atoms with E-state index in [1.165, 1.54) is 0 Å². The Morgan fingerprint density at radius 1 is 0.345 bits per heavy atom. The molecule has 4 amide bonds. The Kier molecular flexibility index (Phi) is 22.4. The third-order valence-electron chi connectivity index (χ3n) is 30.0. The standard InChI is InChI=1S/2C27H26N10O.2C26H29N9O/c2*1-14-17(11-31-24-23(14)34-26(38)27(24,2)3)19-8-15-9-20(30-12-18(15)25(28)32-19)33-21-10-16-4-6-36-7-5-29-22(36)13-37(16)35-21;2*1-13-17(10-30-24-14(2)26(3,4)33-23(13)24)19-7-15-8-20(29-11-18(15)25(27)31-19)32-21-9-16-5-6-28-22(36)12-35(16)34-21/h2*5,7-12H,4,6,13H2,1-3H3,(H2,28,32)(H,34,38)(H,30,33,35);2*7-11,14,33H,5-6,12H2,1-4H3,(H2,27,31)(H,28,36)(H,29,32,34)/t;;2*14-/m..10/s1. The van der Waals surface area contributed by atoms with E-state index in [1.54, 1.807) is 46.5 Å². The molecule has 0 bridgehead atoms. The van der Waals surface area contributed by atoms with Gasteiger partial charge in [0.05, 0.1) is 92.2 Å². The number of carbonyl (C=O) groups excluding carboxylic acids is 4. The van der Waals surface area contributed by atoms with Crippen molar-refractivity contribution in [2.75, 3.05) is 78.6 Å². The lowest BCUT2D eigenvalue weighted by Gasteiger charge is -2.24. The number of amides is 4. The first-order valence-electron chi connectivity index (χ1n) is 49.3. The van der Waals surface area contributed by atoms with Crippen LogP contribution in [-0.2, 0) is 95.0 Å². The lowest BCUT2D eigenvalue weighted by molar-refractivity contribution is -0.122. The van der Waals surface area contributed by atoms with E-state index >= 15 is 0 Å². The van der Waals surface area contributed by atoms with E-state index in [0.717, 1.165) is 229 Å². The largest absolute Gasteiger partial charge is 0.383 e. The van der Waals surface area contributed by atoms with E-state index in [1.807, 2.05) is 149 Å². The van der Waals surface area contributed by atoms with Crippen LogP contribution in [0.25, 0.3) is 88.1 Å². The van der Waals surface area contributed by atoms with Crippen LogP contribution in [0.2, 0.25) is 0 Å². The van der Waals surface area contributed by atoms with Crippen LogP contribution >= 0.6 is 0 Å². The minimum atomic E-state index is -0.674. The average molecular weight is 1980 g/mol. The molecule has 2 atom stereocenters. The van der Waals surface area contributed by atoms with Crippen LogP contribution in [0.1, 0.15) is 161 Å². The van der Waals surface area contributed by atoms with Gasteiger partial charge in [0.25, 0.3) is 0 Å². The zero-order valence-corrected chi connectivity index (χ0v) is 84.2. The molecule has 42 heteroatoms. The number of aryl methyl sites for hydroxylation is 4. The molecular weight excluding hydrogens is 1870 g/mol. The van der Waals surface area contributed by atoms with Gasteiger partial charge < -0.3 is 85.2 Å². The molecule has 0 fully saturated rings. The second kappa shape index (κ2) is 35.5. The summed E-state index contributed by atoms with van der Waals surface area (Å²) in [6.45, 7) is 33.5. The molecule has 18 aromatic heterocycles. The number of aromatic nitrogens is 24. The van der Waals surface area contributed by atoms with Gasteiger partial charge in [-0.3, -0.25) is 57.8 Å². The van der Waals surface area contributed by atoms with Gasteiger partial charge in [0.15, 0.2) is 23.3 Å². The van der Waals surface area contributed by atoms with Crippen LogP contribution in [0.15, 0.2) is 147 Å². The lowest BCUT2D eigenvalue weighted by Crippen LogP contribution is -2.30. The molecule has 26 heterocycles. The first-order chi connectivity index (χ1) is 70.9. The van der Waals surface area contributed by atoms with Crippen molar-refractivity contribution >= 4 is 159 Å². The van der Waals surface area contributed by atoms with Crippen LogP contribution in [0.3, 0.4) is 0 Å². The predicted octanol–water partition coefficient (Wildman–Crippen LogP) is 14.1. The molecule has 26 rings (SSSR count). The highest BCUT2D eigenvalue weighted by Gasteiger charge is 2.45. The average Bonchev–Trinajstić information content (AvgIpc) is 1.60. The van der Waals surface area contributed by atoms with Gasteiger partial charge in [-0.05, 0) is 175 Å². The Morgan fingerprint density at radius 3 is 0.966 bits per heavy atom. The molecule has 0 aromatic carbocycles. The Balaban J connectivity index is 0.000000109. The van der Waals surface area contributed by atoms with Gasteiger partial charge in [-0.2, -0.15) is 20.4 Å². The first kappa shape index (κ1) is 93.6. The molecule has 0 unspecified atom stereocenters. The van der Waals surface area contributed by atoms with Crippen LogP contribution < -0.4 is 76.1 Å². The molecule has 148 heavy (non-hydrogen) atoms. The van der Waals surface area contributed by atoms with Crippen molar-refractivity contribution in [3.63, 3.8) is 0 Å². The number of nitrogens with two attached hydrogens (primary N) is 4. The number of nitrogens with zero attached hydrogens (tertiary/aromatic N) is 24. The minimum Gasteiger partial charge on any atom is -0.383 e. The summed E-state index contributed by atoms with van der Waals surface area (Å²) in [7, 11) is 0. The number of imidazole rings is 2. The summed E-state index contributed by atoms with van der Waals surface area (Å²) in [6.07, 6.45) is 25.1. The maximum atomic E-state index is 12.5. The lowest BCUT2D eigenvalue weighted by atomic mass is 9.89. The van der Waals surface area contributed by atoms with Gasteiger partial charge in [0.2, 0.25) is 23.6 Å². The van der Waals surface area contributed by atoms with E-state index in [9.17, 15) is 19.2 Å². The highest BCUT2D eigenvalue weighted by atomic mass is 16.2. The summed E-state index contributed by atoms with van der Waals surface area (Å²) in [5.41, 5.74) is 46.0. The van der Waals surface area contributed by atoms with Gasteiger partial charge in [0, 0.05) is 240 Å². The van der Waals surface area contributed by atoms with Gasteiger partial charge in [-0.15, -0.1) is 0 Å². The van der Waals surface area contributed by atoms with E-state index in [0.29, 0.717) is 108 Å². The van der Waals surface area contributed by atoms with Crippen molar-refractivity contribution in [3.05, 3.63) is 227 Å². The Bertz CT molecular complexity index is 8110. The highest BCUT2D eigenvalue weighted by molar-refractivity contribution is 6.08. The van der Waals surface area contributed by atoms with E-state index in [2.05, 4.69) is 200 Å². The number of carbonyl (C=O) groups is 4. The third kappa shape index (κ3) is 16.8. The number of fused-ring (bicyclic) bond motifs is 14. The molecule has 0 aliphatic carbocycles. The maximum absolute atomic E-state index is 12.5. The molecule has 8 aliphatic rings. The van der Waals surface area contributed by atoms with Crippen LogP contribution in [0, 0.1) is 27.7 Å². The SMILES string of the molecule is Cc1c(-c2cc3cc(Nc4cc5n(n4)CC(=O)NCC5)ncc3c(N)n2)cnc2c1NC(C)(C)[C@@H]2C.Cc1c(-c2cc3cc(Nc4cc5n(n4)CC(=O)NCC5)ncc3c(N)n2)cnc2c1NC(C)(C)[C@H]2C.Cc1c(-c2cc3cc(Nc4cc5n(n4)Cc4nccn4CC5)ncc3c(N)n2)cnc2c1NC(=O)C2(C)C.Cc1c(-c2cc3cc(Nc4cc5n(n4)Cc4nccn4CC5)ncc3c(N)n2)cnc2c1NC(=O)C2(C)C. The monoisotopic (exact) mass is 1980 g/mol. The zero-order chi connectivity index (χ0) is 103. The third-order valence-corrected chi connectivity index (χ3v) is 30.0. The highest BCUT2D eigenvalue weighted by Crippen LogP contribution is 2.50. The van der Waals surface area contributed by atoms with Crippen molar-refractivity contribution in [1.82, 2.24) is 129 Å². The second-order valence-electron chi connectivity index (χ2n) is 41.2. The quantitative estimate of drug-likeness (QED) is 0.0540. The molecule has 8 aliphatic heterocycles. The number of hydrogen-bond donors (Lipinski definition) is 14. The summed E-state index contributed by atoms with van der Waals surface area (Å²) in [6, 6.07) is 23.8. The summed E-state index contributed by atoms with van der Waals surface area (Å²) in [5, 5.41) is 57.4. The fourth-order valence-electron chi connectivity index (χ4n) is 20.6. The number of nitrogen functional groups attached to an aromatic ring is 4. The van der Waals surface area contributed by atoms with Crippen LogP contribution in [0.4, 0.5) is 92.6 Å². The normalized spacial score (nSPS) is 16.8. The molecular formula is C106H110N38O4. The van der Waals surface area contributed by atoms with E-state index in [4.69, 9.17) is 43.1 Å².